The van der Waals surface area contributed by atoms with Gasteiger partial charge in [-0.25, -0.2) is 4.79 Å². The van der Waals surface area contributed by atoms with Crippen molar-refractivity contribution in [2.75, 3.05) is 0 Å². The van der Waals surface area contributed by atoms with Gasteiger partial charge in [0.1, 0.15) is 6.61 Å². The van der Waals surface area contributed by atoms with E-state index in [1.165, 1.54) is 12.8 Å². The molecule has 0 saturated heterocycles. The summed E-state index contributed by atoms with van der Waals surface area (Å²) in [5, 5.41) is 2.83. The van der Waals surface area contributed by atoms with Crippen LogP contribution < -0.4 is 5.32 Å². The average Bonchev–Trinajstić information content (AvgIpc) is 3.48. The number of hydrogen-bond donors (Lipinski definition) is 1. The van der Waals surface area contributed by atoms with Crippen LogP contribution in [0.4, 0.5) is 0 Å². The van der Waals surface area contributed by atoms with Crippen molar-refractivity contribution in [1.82, 2.24) is 5.32 Å². The van der Waals surface area contributed by atoms with Gasteiger partial charge in [-0.1, -0.05) is 48.5 Å². The van der Waals surface area contributed by atoms with Gasteiger partial charge in [0, 0.05) is 6.54 Å². The fourth-order valence-electron chi connectivity index (χ4n) is 2.37. The number of hydrogen-bond acceptors (Lipinski definition) is 3. The molecule has 1 amide bonds. The molecule has 25 heavy (non-hydrogen) atoms. The zero-order chi connectivity index (χ0) is 17.5. The lowest BCUT2D eigenvalue weighted by atomic mass is 10.1. The van der Waals surface area contributed by atoms with Crippen molar-refractivity contribution in [3.05, 3.63) is 83.4 Å². The standard InChI is InChI=1S/C21H21NO3/c23-20(12-11-16-9-10-16)22-14-18-7-4-8-19(13-18)21(24)25-15-17-5-2-1-3-6-17/h1-8,11-13,16H,9-10,14-15H2,(H,22,23)/b12-11+. The van der Waals surface area contributed by atoms with Crippen molar-refractivity contribution in [2.45, 2.75) is 26.0 Å². The number of amides is 1. The molecule has 4 nitrogen and oxygen atoms in total. The number of carbonyl (C=O) groups excluding carboxylic acids is 2. The number of carbonyl (C=O) groups is 2. The van der Waals surface area contributed by atoms with Gasteiger partial charge in [0.25, 0.3) is 0 Å². The zero-order valence-electron chi connectivity index (χ0n) is 14.0. The van der Waals surface area contributed by atoms with Crippen molar-refractivity contribution in [2.24, 2.45) is 5.92 Å². The lowest BCUT2D eigenvalue weighted by Gasteiger charge is -2.07. The molecule has 0 heterocycles. The third-order valence-corrected chi connectivity index (χ3v) is 3.98. The quantitative estimate of drug-likeness (QED) is 0.621. The topological polar surface area (TPSA) is 55.4 Å². The summed E-state index contributed by atoms with van der Waals surface area (Å²) in [5.41, 5.74) is 2.29. The van der Waals surface area contributed by atoms with Crippen molar-refractivity contribution < 1.29 is 14.3 Å². The van der Waals surface area contributed by atoms with Crippen LogP contribution in [-0.4, -0.2) is 11.9 Å². The lowest BCUT2D eigenvalue weighted by molar-refractivity contribution is -0.116. The molecule has 4 heteroatoms. The molecule has 128 valence electrons. The molecule has 2 aromatic carbocycles. The Morgan fingerprint density at radius 3 is 2.56 bits per heavy atom. The predicted molar refractivity (Wildman–Crippen MR) is 95.7 cm³/mol. The number of rotatable bonds is 7. The maximum Gasteiger partial charge on any atom is 0.338 e. The fraction of sp³-hybridized carbons (Fsp3) is 0.238. The molecule has 1 aliphatic carbocycles. The normalized spacial score (nSPS) is 13.6. The monoisotopic (exact) mass is 335 g/mol. The molecule has 1 aliphatic rings. The van der Waals surface area contributed by atoms with Gasteiger partial charge < -0.3 is 10.1 Å². The van der Waals surface area contributed by atoms with Crippen LogP contribution in [0.1, 0.15) is 34.3 Å². The first-order valence-corrected chi connectivity index (χ1v) is 8.47. The third kappa shape index (κ3) is 5.60. The van der Waals surface area contributed by atoms with E-state index in [0.29, 0.717) is 18.0 Å². The SMILES string of the molecule is O=C(/C=C/C1CC1)NCc1cccc(C(=O)OCc2ccccc2)c1. The summed E-state index contributed by atoms with van der Waals surface area (Å²) < 4.78 is 5.33. The van der Waals surface area contributed by atoms with E-state index in [0.717, 1.165) is 11.1 Å². The van der Waals surface area contributed by atoms with Crippen LogP contribution in [0.5, 0.6) is 0 Å². The van der Waals surface area contributed by atoms with E-state index < -0.39 is 0 Å². The molecule has 0 bridgehead atoms. The molecule has 3 rings (SSSR count). The van der Waals surface area contributed by atoms with Gasteiger partial charge in [0.2, 0.25) is 5.91 Å². The Balaban J connectivity index is 1.51. The van der Waals surface area contributed by atoms with Gasteiger partial charge in [-0.2, -0.15) is 0 Å². The van der Waals surface area contributed by atoms with Crippen LogP contribution in [0.15, 0.2) is 66.7 Å². The molecular formula is C21H21NO3. The van der Waals surface area contributed by atoms with E-state index in [9.17, 15) is 9.59 Å². The zero-order valence-corrected chi connectivity index (χ0v) is 14.0. The molecule has 0 radical (unpaired) electrons. The minimum Gasteiger partial charge on any atom is -0.457 e. The molecule has 1 N–H and O–H groups in total. The molecular weight excluding hydrogens is 314 g/mol. The minimum atomic E-state index is -0.370. The van der Waals surface area contributed by atoms with Crippen LogP contribution in [-0.2, 0) is 22.7 Å². The Kier molecular flexibility index (Phi) is 5.62. The minimum absolute atomic E-state index is 0.107. The van der Waals surface area contributed by atoms with Crippen LogP contribution in [0.25, 0.3) is 0 Å². The Morgan fingerprint density at radius 2 is 1.80 bits per heavy atom. The van der Waals surface area contributed by atoms with Crippen molar-refractivity contribution in [3.8, 4) is 0 Å². The summed E-state index contributed by atoms with van der Waals surface area (Å²) in [6.07, 6.45) is 5.90. The second-order valence-electron chi connectivity index (χ2n) is 6.18. The Bertz CT molecular complexity index is 764. The first-order chi connectivity index (χ1) is 12.2. The smallest absolute Gasteiger partial charge is 0.338 e. The highest BCUT2D eigenvalue weighted by molar-refractivity contribution is 5.90. The Labute approximate surface area is 147 Å². The summed E-state index contributed by atoms with van der Waals surface area (Å²) in [7, 11) is 0. The van der Waals surface area contributed by atoms with Crippen LogP contribution in [0, 0.1) is 5.92 Å². The number of nitrogens with one attached hydrogen (secondary N) is 1. The van der Waals surface area contributed by atoms with Gasteiger partial charge in [-0.15, -0.1) is 0 Å². The van der Waals surface area contributed by atoms with E-state index in [1.807, 2.05) is 42.5 Å². The molecule has 0 atom stereocenters. The van der Waals surface area contributed by atoms with Gasteiger partial charge in [-0.05, 0) is 48.1 Å². The second kappa shape index (κ2) is 8.29. The van der Waals surface area contributed by atoms with Gasteiger partial charge in [0.15, 0.2) is 0 Å². The number of allylic oxidation sites excluding steroid dienone is 1. The van der Waals surface area contributed by atoms with E-state index in [1.54, 1.807) is 24.3 Å². The van der Waals surface area contributed by atoms with E-state index in [4.69, 9.17) is 4.74 Å². The summed E-state index contributed by atoms with van der Waals surface area (Å²) in [5.74, 6) is 0.100. The van der Waals surface area contributed by atoms with Crippen molar-refractivity contribution in [3.63, 3.8) is 0 Å². The molecule has 0 aromatic heterocycles. The highest BCUT2D eigenvalue weighted by Gasteiger charge is 2.17. The van der Waals surface area contributed by atoms with Gasteiger partial charge in [-0.3, -0.25) is 4.79 Å². The molecule has 0 aliphatic heterocycles. The van der Waals surface area contributed by atoms with Gasteiger partial charge >= 0.3 is 5.97 Å². The molecule has 1 saturated carbocycles. The summed E-state index contributed by atoms with van der Waals surface area (Å²) in [6.45, 7) is 0.625. The van der Waals surface area contributed by atoms with Crippen molar-refractivity contribution >= 4 is 11.9 Å². The van der Waals surface area contributed by atoms with E-state index in [-0.39, 0.29) is 18.5 Å². The highest BCUT2D eigenvalue weighted by atomic mass is 16.5. The number of benzene rings is 2. The molecule has 0 unspecified atom stereocenters. The predicted octanol–water partition coefficient (Wildman–Crippen LogP) is 3.63. The second-order valence-corrected chi connectivity index (χ2v) is 6.18. The molecule has 1 fully saturated rings. The summed E-state index contributed by atoms with van der Waals surface area (Å²) in [4.78, 5) is 23.9. The summed E-state index contributed by atoms with van der Waals surface area (Å²) in [6, 6.07) is 16.7. The maximum absolute atomic E-state index is 12.2. The first-order valence-electron chi connectivity index (χ1n) is 8.47. The third-order valence-electron chi connectivity index (χ3n) is 3.98. The Hall–Kier alpha value is -2.88. The van der Waals surface area contributed by atoms with E-state index in [2.05, 4.69) is 5.32 Å². The molecule has 0 spiro atoms. The van der Waals surface area contributed by atoms with E-state index >= 15 is 0 Å². The lowest BCUT2D eigenvalue weighted by Crippen LogP contribution is -2.20. The number of esters is 1. The van der Waals surface area contributed by atoms with Crippen LogP contribution in [0.3, 0.4) is 0 Å². The van der Waals surface area contributed by atoms with Crippen LogP contribution >= 0.6 is 0 Å². The Morgan fingerprint density at radius 1 is 1.04 bits per heavy atom. The fourth-order valence-corrected chi connectivity index (χ4v) is 2.37. The largest absolute Gasteiger partial charge is 0.457 e. The maximum atomic E-state index is 12.2. The summed E-state index contributed by atoms with van der Waals surface area (Å²) >= 11 is 0. The van der Waals surface area contributed by atoms with Crippen LogP contribution in [0.2, 0.25) is 0 Å². The average molecular weight is 335 g/mol. The van der Waals surface area contributed by atoms with Gasteiger partial charge in [0.05, 0.1) is 5.56 Å². The number of ether oxygens (including phenoxy) is 1. The first kappa shape index (κ1) is 17.0. The van der Waals surface area contributed by atoms with Crippen molar-refractivity contribution in [1.29, 1.82) is 0 Å². The highest BCUT2D eigenvalue weighted by Crippen LogP contribution is 2.29. The molecule has 2 aromatic rings.